The van der Waals surface area contributed by atoms with Crippen molar-refractivity contribution in [1.82, 2.24) is 4.90 Å². The molecular weight excluding hydrogens is 354 g/mol. The van der Waals surface area contributed by atoms with Crippen molar-refractivity contribution < 1.29 is 19.0 Å². The number of rotatable bonds is 7. The average molecular weight is 379 g/mol. The molecule has 2 heterocycles. The van der Waals surface area contributed by atoms with Crippen molar-refractivity contribution in [1.29, 1.82) is 0 Å². The maximum absolute atomic E-state index is 12.6. The Morgan fingerprint density at radius 1 is 1.11 bits per heavy atom. The molecule has 5 heteroatoms. The summed E-state index contributed by atoms with van der Waals surface area (Å²) in [7, 11) is 1.62. The molecule has 0 amide bonds. The summed E-state index contributed by atoms with van der Waals surface area (Å²) in [6.45, 7) is 4.15. The van der Waals surface area contributed by atoms with Gasteiger partial charge in [0, 0.05) is 12.6 Å². The summed E-state index contributed by atoms with van der Waals surface area (Å²) in [5.41, 5.74) is 1.42. The van der Waals surface area contributed by atoms with Gasteiger partial charge >= 0.3 is 0 Å². The van der Waals surface area contributed by atoms with Crippen LogP contribution >= 0.6 is 0 Å². The molecule has 0 spiro atoms. The summed E-state index contributed by atoms with van der Waals surface area (Å²) >= 11 is 0. The highest BCUT2D eigenvalue weighted by Crippen LogP contribution is 2.35. The third-order valence-corrected chi connectivity index (χ3v) is 5.12. The first kappa shape index (κ1) is 18.6. The maximum Gasteiger partial charge on any atom is 0.231 e. The Morgan fingerprint density at radius 2 is 1.96 bits per heavy atom. The van der Waals surface area contributed by atoms with Crippen LogP contribution in [0.4, 0.5) is 0 Å². The van der Waals surface area contributed by atoms with E-state index < -0.39 is 0 Å². The van der Waals surface area contributed by atoms with Crippen molar-refractivity contribution in [2.75, 3.05) is 33.4 Å². The zero-order valence-corrected chi connectivity index (χ0v) is 16.1. The number of carbonyl (C=O) groups is 1. The number of nitrogens with zero attached hydrogens (tertiary/aromatic N) is 1. The fourth-order valence-corrected chi connectivity index (χ4v) is 3.62. The number of fused-ring (bicyclic) bond motifs is 1. The molecule has 0 atom stereocenters. The van der Waals surface area contributed by atoms with Gasteiger partial charge in [-0.3, -0.25) is 4.79 Å². The number of benzene rings is 2. The second-order valence-corrected chi connectivity index (χ2v) is 7.13. The van der Waals surface area contributed by atoms with Crippen LogP contribution in [0.5, 0.6) is 17.2 Å². The van der Waals surface area contributed by atoms with Crippen LogP contribution < -0.4 is 14.2 Å². The van der Waals surface area contributed by atoms with Gasteiger partial charge in [0.15, 0.2) is 5.76 Å². The highest BCUT2D eigenvalue weighted by molar-refractivity contribution is 6.14. The van der Waals surface area contributed by atoms with E-state index >= 15 is 0 Å². The largest absolute Gasteiger partial charge is 0.497 e. The number of hydrogen-bond donors (Lipinski definition) is 0. The van der Waals surface area contributed by atoms with Crippen LogP contribution in [0.1, 0.15) is 35.2 Å². The van der Waals surface area contributed by atoms with Crippen LogP contribution in [0, 0.1) is 0 Å². The molecule has 0 bridgehead atoms. The fourth-order valence-electron chi connectivity index (χ4n) is 3.62. The van der Waals surface area contributed by atoms with Crippen LogP contribution in [0.2, 0.25) is 0 Å². The number of hydrogen-bond acceptors (Lipinski definition) is 5. The van der Waals surface area contributed by atoms with Gasteiger partial charge in [0.05, 0.1) is 19.3 Å². The van der Waals surface area contributed by atoms with Crippen LogP contribution in [-0.2, 0) is 0 Å². The molecule has 4 rings (SSSR count). The van der Waals surface area contributed by atoms with Gasteiger partial charge in [-0.1, -0.05) is 12.1 Å². The van der Waals surface area contributed by atoms with E-state index in [2.05, 4.69) is 4.90 Å². The molecule has 0 unspecified atom stereocenters. The van der Waals surface area contributed by atoms with E-state index in [1.165, 1.54) is 25.9 Å². The van der Waals surface area contributed by atoms with E-state index in [4.69, 9.17) is 14.2 Å². The van der Waals surface area contributed by atoms with Crippen molar-refractivity contribution in [2.24, 2.45) is 0 Å². The van der Waals surface area contributed by atoms with E-state index in [-0.39, 0.29) is 5.78 Å². The molecule has 1 fully saturated rings. The van der Waals surface area contributed by atoms with Crippen molar-refractivity contribution in [2.45, 2.75) is 19.3 Å². The first-order chi connectivity index (χ1) is 13.7. The van der Waals surface area contributed by atoms with Crippen LogP contribution in [-0.4, -0.2) is 44.0 Å². The third kappa shape index (κ3) is 4.20. The highest BCUT2D eigenvalue weighted by Gasteiger charge is 2.27. The lowest BCUT2D eigenvalue weighted by molar-refractivity contribution is 0.101. The number of Topliss-reactive ketones (excluding diaryl/α,β-unsaturated/α-hetero) is 1. The number of methoxy groups -OCH3 is 1. The molecule has 2 aromatic rings. The lowest BCUT2D eigenvalue weighted by atomic mass is 10.1. The Morgan fingerprint density at radius 3 is 2.79 bits per heavy atom. The van der Waals surface area contributed by atoms with Crippen LogP contribution in [0.15, 0.2) is 48.2 Å². The molecular formula is C23H25NO4. The Kier molecular flexibility index (Phi) is 5.63. The molecule has 0 aromatic heterocycles. The van der Waals surface area contributed by atoms with E-state index in [1.54, 1.807) is 25.3 Å². The van der Waals surface area contributed by atoms with Crippen LogP contribution in [0.3, 0.4) is 0 Å². The predicted molar refractivity (Wildman–Crippen MR) is 108 cm³/mol. The highest BCUT2D eigenvalue weighted by atomic mass is 16.5. The monoisotopic (exact) mass is 379 g/mol. The van der Waals surface area contributed by atoms with Crippen molar-refractivity contribution >= 4 is 11.9 Å². The summed E-state index contributed by atoms with van der Waals surface area (Å²) in [5, 5.41) is 0. The average Bonchev–Trinajstić information content (AvgIpc) is 3.34. The lowest BCUT2D eigenvalue weighted by Crippen LogP contribution is -2.21. The molecule has 0 N–H and O–H groups in total. The van der Waals surface area contributed by atoms with Crippen molar-refractivity contribution in [3.63, 3.8) is 0 Å². The van der Waals surface area contributed by atoms with Gasteiger partial charge in [-0.2, -0.15) is 0 Å². The molecule has 5 nitrogen and oxygen atoms in total. The van der Waals surface area contributed by atoms with Gasteiger partial charge < -0.3 is 19.1 Å². The Hall–Kier alpha value is -2.79. The van der Waals surface area contributed by atoms with Crippen LogP contribution in [0.25, 0.3) is 6.08 Å². The topological polar surface area (TPSA) is 48.0 Å². The van der Waals surface area contributed by atoms with E-state index in [0.717, 1.165) is 30.0 Å². The summed E-state index contributed by atoms with van der Waals surface area (Å²) in [5.74, 6) is 2.22. The minimum Gasteiger partial charge on any atom is -0.497 e. The summed E-state index contributed by atoms with van der Waals surface area (Å²) in [6.07, 6.45) is 5.35. The SMILES string of the molecule is COc1cccc(/C=C2/Oc3cc(OCCCN4CCCC4)ccc3C2=O)c1. The molecule has 28 heavy (non-hydrogen) atoms. The molecule has 0 radical (unpaired) electrons. The minimum absolute atomic E-state index is 0.113. The van der Waals surface area contributed by atoms with Gasteiger partial charge in [0.2, 0.25) is 5.78 Å². The predicted octanol–water partition coefficient (Wildman–Crippen LogP) is 4.18. The van der Waals surface area contributed by atoms with Crippen molar-refractivity contribution in [3.8, 4) is 17.2 Å². The molecule has 2 aliphatic heterocycles. The molecule has 0 aliphatic carbocycles. The summed E-state index contributed by atoms with van der Waals surface area (Å²) in [6, 6.07) is 12.9. The number of ketones is 1. The summed E-state index contributed by atoms with van der Waals surface area (Å²) < 4.78 is 16.9. The molecule has 0 saturated carbocycles. The maximum atomic E-state index is 12.6. The van der Waals surface area contributed by atoms with Gasteiger partial charge in [0.25, 0.3) is 0 Å². The zero-order valence-electron chi connectivity index (χ0n) is 16.1. The molecule has 2 aromatic carbocycles. The second kappa shape index (κ2) is 8.48. The van der Waals surface area contributed by atoms with Gasteiger partial charge in [-0.15, -0.1) is 0 Å². The zero-order chi connectivity index (χ0) is 19.3. The van der Waals surface area contributed by atoms with Gasteiger partial charge in [-0.25, -0.2) is 0 Å². The second-order valence-electron chi connectivity index (χ2n) is 7.13. The molecule has 146 valence electrons. The first-order valence-corrected chi connectivity index (χ1v) is 9.80. The Bertz CT molecular complexity index is 884. The first-order valence-electron chi connectivity index (χ1n) is 9.80. The smallest absolute Gasteiger partial charge is 0.231 e. The lowest BCUT2D eigenvalue weighted by Gasteiger charge is -2.14. The Balaban J connectivity index is 1.38. The third-order valence-electron chi connectivity index (χ3n) is 5.12. The van der Waals surface area contributed by atoms with Gasteiger partial charge in [0.1, 0.15) is 17.2 Å². The summed E-state index contributed by atoms with van der Waals surface area (Å²) in [4.78, 5) is 15.1. The van der Waals surface area contributed by atoms with E-state index in [9.17, 15) is 4.79 Å². The normalized spacial score (nSPS) is 17.6. The standard InChI is InChI=1S/C23H25NO4/c1-26-18-7-4-6-17(14-18)15-22-23(25)20-9-8-19(16-21(20)28-22)27-13-5-12-24-10-2-3-11-24/h4,6-9,14-16H,2-3,5,10-13H2,1H3/b22-15+. The van der Waals surface area contributed by atoms with E-state index in [0.29, 0.717) is 23.7 Å². The quantitative estimate of drug-likeness (QED) is 0.534. The fraction of sp³-hybridized carbons (Fsp3) is 0.348. The van der Waals surface area contributed by atoms with E-state index in [1.807, 2.05) is 30.3 Å². The number of allylic oxidation sites excluding steroid dienone is 1. The van der Waals surface area contributed by atoms with Gasteiger partial charge in [-0.05, 0) is 68.3 Å². The number of likely N-dealkylation sites (tertiary alicyclic amines) is 1. The number of carbonyl (C=O) groups excluding carboxylic acids is 1. The minimum atomic E-state index is -0.113. The number of ether oxygens (including phenoxy) is 3. The molecule has 1 saturated heterocycles. The van der Waals surface area contributed by atoms with Crippen molar-refractivity contribution in [3.05, 3.63) is 59.4 Å². The molecule has 2 aliphatic rings. The Labute approximate surface area is 165 Å².